The molecule has 1 spiro atoms. The monoisotopic (exact) mass is 417 g/mol. The third-order valence-electron chi connectivity index (χ3n) is 6.82. The molecule has 0 aliphatic carbocycles. The zero-order valence-electron chi connectivity index (χ0n) is 18.7. The van der Waals surface area contributed by atoms with E-state index in [1.165, 1.54) is 17.0 Å². The van der Waals surface area contributed by atoms with Crippen molar-refractivity contribution >= 4 is 5.95 Å². The van der Waals surface area contributed by atoms with E-state index in [1.54, 1.807) is 0 Å². The highest BCUT2D eigenvalue weighted by atomic mass is 15.3. The molecule has 1 fully saturated rings. The van der Waals surface area contributed by atoms with Gasteiger partial charge in [0.15, 0.2) is 0 Å². The summed E-state index contributed by atoms with van der Waals surface area (Å²) in [6.07, 6.45) is 9.58. The summed E-state index contributed by atoms with van der Waals surface area (Å²) in [4.78, 5) is 23.2. The molecule has 3 aromatic rings. The van der Waals surface area contributed by atoms with Crippen LogP contribution >= 0.6 is 0 Å². The van der Waals surface area contributed by atoms with E-state index in [2.05, 4.69) is 62.2 Å². The molecule has 0 N–H and O–H groups in total. The minimum absolute atomic E-state index is 0.0802. The summed E-state index contributed by atoms with van der Waals surface area (Å²) in [5, 5.41) is 0. The molecule has 0 radical (unpaired) electrons. The topological polar surface area (TPSA) is 63.0 Å². The van der Waals surface area contributed by atoms with Crippen molar-refractivity contribution in [1.29, 1.82) is 0 Å². The first-order valence-corrected chi connectivity index (χ1v) is 11.3. The Hall–Kier alpha value is -2.80. The normalized spacial score (nSPS) is 18.5. The van der Waals surface area contributed by atoms with Crippen LogP contribution in [0, 0.1) is 6.92 Å². The van der Waals surface area contributed by atoms with E-state index in [-0.39, 0.29) is 5.41 Å². The Bertz CT molecular complexity index is 1020. The van der Waals surface area contributed by atoms with E-state index in [0.29, 0.717) is 6.04 Å². The number of aromatic nitrogens is 5. The van der Waals surface area contributed by atoms with Crippen molar-refractivity contribution in [2.24, 2.45) is 0 Å². The van der Waals surface area contributed by atoms with Gasteiger partial charge in [0.2, 0.25) is 5.95 Å². The molecule has 31 heavy (non-hydrogen) atoms. The van der Waals surface area contributed by atoms with Gasteiger partial charge in [-0.05, 0) is 57.4 Å². The van der Waals surface area contributed by atoms with E-state index < -0.39 is 0 Å². The molecule has 0 saturated carbocycles. The van der Waals surface area contributed by atoms with Gasteiger partial charge in [0.25, 0.3) is 0 Å². The number of anilines is 1. The number of aryl methyl sites for hydroxylation is 1. The molecular weight excluding hydrogens is 386 g/mol. The fourth-order valence-corrected chi connectivity index (χ4v) is 5.46. The minimum atomic E-state index is 0.0802. The predicted octanol–water partition coefficient (Wildman–Crippen LogP) is 3.51. The third-order valence-corrected chi connectivity index (χ3v) is 6.82. The summed E-state index contributed by atoms with van der Waals surface area (Å²) in [5.74, 6) is 1.98. The lowest BCUT2D eigenvalue weighted by molar-refractivity contribution is 0.138. The van der Waals surface area contributed by atoms with Crippen molar-refractivity contribution in [2.75, 3.05) is 24.5 Å². The third kappa shape index (κ3) is 3.71. The molecule has 0 atom stereocenters. The van der Waals surface area contributed by atoms with Crippen LogP contribution < -0.4 is 4.90 Å². The van der Waals surface area contributed by atoms with Crippen molar-refractivity contribution in [3.63, 3.8) is 0 Å². The van der Waals surface area contributed by atoms with Crippen LogP contribution in [0.2, 0.25) is 0 Å². The molecule has 5 heterocycles. The van der Waals surface area contributed by atoms with Crippen LogP contribution in [0.5, 0.6) is 0 Å². The van der Waals surface area contributed by atoms with Crippen molar-refractivity contribution in [2.45, 2.75) is 58.2 Å². The molecule has 0 aromatic carbocycles. The Kier molecular flexibility index (Phi) is 5.22. The standard InChI is InChI=1S/C24H31N7/c1-18(2)31-19(3)28-22-21(31)16-29(15-20-5-11-25-12-6-20)17-24(22)7-13-30(14-8-24)23-26-9-4-10-27-23/h4-6,9-12,18H,7-8,13-17H2,1-3H3. The van der Waals surface area contributed by atoms with E-state index in [0.717, 1.165) is 57.3 Å². The van der Waals surface area contributed by atoms with Gasteiger partial charge in [-0.25, -0.2) is 15.0 Å². The number of fused-ring (bicyclic) bond motifs is 2. The maximum atomic E-state index is 5.17. The lowest BCUT2D eigenvalue weighted by Gasteiger charge is -2.47. The summed E-state index contributed by atoms with van der Waals surface area (Å²) in [7, 11) is 0. The summed E-state index contributed by atoms with van der Waals surface area (Å²) >= 11 is 0. The van der Waals surface area contributed by atoms with E-state index in [9.17, 15) is 0 Å². The lowest BCUT2D eigenvalue weighted by atomic mass is 9.72. The summed E-state index contributed by atoms with van der Waals surface area (Å²) in [6.45, 7) is 11.5. The molecule has 162 valence electrons. The Morgan fingerprint density at radius 3 is 2.42 bits per heavy atom. The first kappa shape index (κ1) is 20.1. The van der Waals surface area contributed by atoms with Crippen LogP contribution in [0.25, 0.3) is 0 Å². The zero-order chi connectivity index (χ0) is 21.4. The quantitative estimate of drug-likeness (QED) is 0.647. The second-order valence-electron chi connectivity index (χ2n) is 9.23. The number of nitrogens with zero attached hydrogens (tertiary/aromatic N) is 7. The molecule has 0 amide bonds. The van der Waals surface area contributed by atoms with E-state index in [1.807, 2.05) is 30.9 Å². The number of hydrogen-bond donors (Lipinski definition) is 0. The molecule has 7 nitrogen and oxygen atoms in total. The molecular formula is C24H31N7. The minimum Gasteiger partial charge on any atom is -0.341 e. The zero-order valence-corrected chi connectivity index (χ0v) is 18.7. The van der Waals surface area contributed by atoms with Gasteiger partial charge in [-0.2, -0.15) is 0 Å². The van der Waals surface area contributed by atoms with Gasteiger partial charge in [0, 0.05) is 69.0 Å². The fourth-order valence-electron chi connectivity index (χ4n) is 5.46. The van der Waals surface area contributed by atoms with Gasteiger partial charge < -0.3 is 9.47 Å². The molecule has 3 aromatic heterocycles. The average molecular weight is 418 g/mol. The molecule has 2 aliphatic heterocycles. The predicted molar refractivity (Wildman–Crippen MR) is 121 cm³/mol. The van der Waals surface area contributed by atoms with Crippen LogP contribution in [0.3, 0.4) is 0 Å². The van der Waals surface area contributed by atoms with Crippen molar-refractivity contribution in [3.8, 4) is 0 Å². The molecule has 0 unspecified atom stereocenters. The summed E-state index contributed by atoms with van der Waals surface area (Å²) in [6, 6.07) is 6.54. The van der Waals surface area contributed by atoms with Gasteiger partial charge in [-0.15, -0.1) is 0 Å². The maximum Gasteiger partial charge on any atom is 0.225 e. The van der Waals surface area contributed by atoms with Crippen molar-refractivity contribution in [1.82, 2.24) is 29.4 Å². The number of hydrogen-bond acceptors (Lipinski definition) is 6. The average Bonchev–Trinajstić information content (AvgIpc) is 3.12. The first-order valence-electron chi connectivity index (χ1n) is 11.3. The fraction of sp³-hybridized carbons (Fsp3) is 0.500. The van der Waals surface area contributed by atoms with Crippen molar-refractivity contribution < 1.29 is 0 Å². The van der Waals surface area contributed by atoms with Gasteiger partial charge >= 0.3 is 0 Å². The summed E-state index contributed by atoms with van der Waals surface area (Å²) in [5.41, 5.74) is 4.13. The van der Waals surface area contributed by atoms with Gasteiger partial charge in [-0.3, -0.25) is 9.88 Å². The maximum absolute atomic E-state index is 5.17. The van der Waals surface area contributed by atoms with Gasteiger partial charge in [-0.1, -0.05) is 0 Å². The molecule has 1 saturated heterocycles. The SMILES string of the molecule is Cc1nc2c(n1C(C)C)CN(Cc1ccncc1)CC21CCN(c2ncccn2)CC1. The van der Waals surface area contributed by atoms with Crippen LogP contribution in [0.4, 0.5) is 5.95 Å². The van der Waals surface area contributed by atoms with Crippen LogP contribution in [-0.4, -0.2) is 49.0 Å². The van der Waals surface area contributed by atoms with Gasteiger partial charge in [0.1, 0.15) is 5.82 Å². The van der Waals surface area contributed by atoms with Crippen LogP contribution in [0.1, 0.15) is 55.5 Å². The van der Waals surface area contributed by atoms with Crippen LogP contribution in [0.15, 0.2) is 43.0 Å². The Morgan fingerprint density at radius 1 is 1.03 bits per heavy atom. The highest BCUT2D eigenvalue weighted by Gasteiger charge is 2.45. The van der Waals surface area contributed by atoms with Crippen molar-refractivity contribution in [3.05, 3.63) is 65.8 Å². The van der Waals surface area contributed by atoms with Gasteiger partial charge in [0.05, 0.1) is 11.4 Å². The lowest BCUT2D eigenvalue weighted by Crippen LogP contribution is -2.52. The van der Waals surface area contributed by atoms with E-state index >= 15 is 0 Å². The number of imidazole rings is 1. The smallest absolute Gasteiger partial charge is 0.225 e. The first-order chi connectivity index (χ1) is 15.1. The Balaban J connectivity index is 1.47. The Labute approximate surface area is 184 Å². The number of rotatable bonds is 4. The van der Waals surface area contributed by atoms with E-state index in [4.69, 9.17) is 4.98 Å². The summed E-state index contributed by atoms with van der Waals surface area (Å²) < 4.78 is 2.45. The second-order valence-corrected chi connectivity index (χ2v) is 9.23. The number of piperidine rings is 1. The van der Waals surface area contributed by atoms with Crippen LogP contribution in [-0.2, 0) is 18.5 Å². The Morgan fingerprint density at radius 2 is 1.74 bits per heavy atom. The highest BCUT2D eigenvalue weighted by Crippen LogP contribution is 2.43. The highest BCUT2D eigenvalue weighted by molar-refractivity contribution is 5.36. The second kappa shape index (κ2) is 8.04. The molecule has 7 heteroatoms. The molecule has 0 bridgehead atoms. The molecule has 2 aliphatic rings. The number of pyridine rings is 1. The largest absolute Gasteiger partial charge is 0.341 e. The molecule has 5 rings (SSSR count).